The fraction of sp³-hybridized carbons (Fsp3) is 0.357. The van der Waals surface area contributed by atoms with Crippen LogP contribution in [0.2, 0.25) is 0 Å². The van der Waals surface area contributed by atoms with Crippen LogP contribution in [0.4, 0.5) is 0 Å². The van der Waals surface area contributed by atoms with Gasteiger partial charge in [-0.25, -0.2) is 0 Å². The average molecular weight is 458 g/mol. The zero-order valence-corrected chi connectivity index (χ0v) is 19.8. The maximum atomic E-state index is 13.1. The topological polar surface area (TPSA) is 65.8 Å². The van der Waals surface area contributed by atoms with Crippen LogP contribution < -0.4 is 5.43 Å². The van der Waals surface area contributed by atoms with Crippen LogP contribution in [0.5, 0.6) is 5.75 Å². The van der Waals surface area contributed by atoms with Crippen LogP contribution in [-0.2, 0) is 19.6 Å². The van der Waals surface area contributed by atoms with Crippen molar-refractivity contribution in [2.24, 2.45) is 0 Å². The van der Waals surface area contributed by atoms with E-state index in [1.807, 2.05) is 36.6 Å². The molecule has 2 heterocycles. The Morgan fingerprint density at radius 2 is 1.68 bits per heavy atom. The molecule has 176 valence electrons. The lowest BCUT2D eigenvalue weighted by molar-refractivity contribution is 0.0637. The second-order valence-electron chi connectivity index (χ2n) is 9.64. The molecule has 0 bridgehead atoms. The summed E-state index contributed by atoms with van der Waals surface area (Å²) >= 11 is 0. The number of hydrogen-bond donors (Lipinski definition) is 1. The van der Waals surface area contributed by atoms with Gasteiger partial charge in [0.2, 0.25) is 5.43 Å². The van der Waals surface area contributed by atoms with Gasteiger partial charge in [0, 0.05) is 50.0 Å². The third-order valence-corrected chi connectivity index (χ3v) is 6.87. The van der Waals surface area contributed by atoms with E-state index in [2.05, 4.69) is 41.3 Å². The average Bonchev–Trinajstić information content (AvgIpc) is 3.68. The van der Waals surface area contributed by atoms with Crippen LogP contribution in [-0.4, -0.2) is 44.0 Å². The van der Waals surface area contributed by atoms with Crippen molar-refractivity contribution >= 4 is 5.91 Å². The van der Waals surface area contributed by atoms with Crippen molar-refractivity contribution in [1.82, 2.24) is 14.4 Å². The molecule has 5 rings (SSSR count). The van der Waals surface area contributed by atoms with E-state index in [1.54, 1.807) is 4.90 Å². The minimum Gasteiger partial charge on any atom is -0.503 e. The maximum absolute atomic E-state index is 13.1. The lowest BCUT2D eigenvalue weighted by Gasteiger charge is -2.35. The Kier molecular flexibility index (Phi) is 6.00. The minimum atomic E-state index is -0.484. The summed E-state index contributed by atoms with van der Waals surface area (Å²) in [6.45, 7) is 6.38. The van der Waals surface area contributed by atoms with E-state index in [-0.39, 0.29) is 17.6 Å². The lowest BCUT2D eigenvalue weighted by Crippen LogP contribution is -2.46. The fourth-order valence-corrected chi connectivity index (χ4v) is 4.90. The first-order valence-electron chi connectivity index (χ1n) is 12.1. The molecule has 1 aromatic heterocycles. The summed E-state index contributed by atoms with van der Waals surface area (Å²) in [5.41, 5.74) is 4.03. The highest BCUT2D eigenvalue weighted by molar-refractivity contribution is 5.96. The molecule has 0 spiro atoms. The summed E-state index contributed by atoms with van der Waals surface area (Å²) in [5, 5.41) is 10.5. The second kappa shape index (κ2) is 9.11. The largest absolute Gasteiger partial charge is 0.503 e. The van der Waals surface area contributed by atoms with Crippen molar-refractivity contribution in [2.75, 3.05) is 6.54 Å². The summed E-state index contributed by atoms with van der Waals surface area (Å²) in [6, 6.07) is 20.9. The number of carbonyl (C=O) groups excluding carboxylic acids is 1. The van der Waals surface area contributed by atoms with E-state index in [1.165, 1.54) is 22.8 Å². The van der Waals surface area contributed by atoms with E-state index in [4.69, 9.17) is 0 Å². The van der Waals surface area contributed by atoms with E-state index in [0.29, 0.717) is 25.7 Å². The minimum absolute atomic E-state index is 0.0132. The van der Waals surface area contributed by atoms with Gasteiger partial charge >= 0.3 is 0 Å². The molecule has 0 radical (unpaired) electrons. The van der Waals surface area contributed by atoms with Crippen molar-refractivity contribution < 1.29 is 9.90 Å². The predicted octanol–water partition coefficient (Wildman–Crippen LogP) is 4.25. The number of rotatable bonds is 7. The van der Waals surface area contributed by atoms with Crippen LogP contribution in [0.3, 0.4) is 0 Å². The molecule has 1 amide bonds. The summed E-state index contributed by atoms with van der Waals surface area (Å²) in [5.74, 6) is -0.709. The molecule has 1 N–H and O–H groups in total. The van der Waals surface area contributed by atoms with Crippen molar-refractivity contribution in [2.45, 2.75) is 58.4 Å². The molecule has 0 saturated heterocycles. The first-order valence-corrected chi connectivity index (χ1v) is 12.1. The van der Waals surface area contributed by atoms with Crippen molar-refractivity contribution in [1.29, 1.82) is 0 Å². The number of aromatic hydroxyl groups is 1. The van der Waals surface area contributed by atoms with Gasteiger partial charge in [-0.2, -0.15) is 0 Å². The number of hydrogen-bond acceptors (Lipinski definition) is 4. The van der Waals surface area contributed by atoms with Gasteiger partial charge in [-0.05, 0) is 49.4 Å². The zero-order chi connectivity index (χ0) is 23.8. The van der Waals surface area contributed by atoms with Gasteiger partial charge in [0.15, 0.2) is 11.4 Å². The molecular weight excluding hydrogens is 426 g/mol. The molecule has 1 aliphatic carbocycles. The third kappa shape index (κ3) is 4.38. The Bertz CT molecular complexity index is 1260. The Morgan fingerprint density at radius 1 is 0.941 bits per heavy atom. The molecule has 0 unspecified atom stereocenters. The number of benzene rings is 2. The molecule has 0 atom stereocenters. The Hall–Kier alpha value is -3.38. The number of aromatic nitrogens is 1. The van der Waals surface area contributed by atoms with Crippen LogP contribution in [0.1, 0.15) is 48.4 Å². The second-order valence-corrected chi connectivity index (χ2v) is 9.64. The Morgan fingerprint density at radius 3 is 2.38 bits per heavy atom. The number of nitrogens with zero attached hydrogens (tertiary/aromatic N) is 3. The lowest BCUT2D eigenvalue weighted by atomic mass is 10.0. The molecule has 6 heteroatoms. The van der Waals surface area contributed by atoms with Crippen LogP contribution in [0.15, 0.2) is 65.5 Å². The van der Waals surface area contributed by atoms with Gasteiger partial charge in [0.25, 0.3) is 5.91 Å². The summed E-state index contributed by atoms with van der Waals surface area (Å²) in [6.07, 6.45) is 2.27. The van der Waals surface area contributed by atoms with Gasteiger partial charge in [-0.15, -0.1) is 0 Å². The number of amides is 1. The van der Waals surface area contributed by atoms with Crippen molar-refractivity contribution in [3.8, 4) is 16.9 Å². The molecule has 6 nitrogen and oxygen atoms in total. The predicted molar refractivity (Wildman–Crippen MR) is 133 cm³/mol. The summed E-state index contributed by atoms with van der Waals surface area (Å²) in [7, 11) is 0. The summed E-state index contributed by atoms with van der Waals surface area (Å²) in [4.78, 5) is 29.8. The van der Waals surface area contributed by atoms with E-state index in [0.717, 1.165) is 25.1 Å². The van der Waals surface area contributed by atoms with Crippen molar-refractivity contribution in [3.63, 3.8) is 0 Å². The highest BCUT2D eigenvalue weighted by Gasteiger charge is 2.34. The number of fused-ring (bicyclic) bond motifs is 1. The van der Waals surface area contributed by atoms with Gasteiger partial charge in [-0.3, -0.25) is 14.5 Å². The molecule has 1 fully saturated rings. The highest BCUT2D eigenvalue weighted by atomic mass is 16.3. The normalized spacial score (nSPS) is 15.8. The van der Waals surface area contributed by atoms with Gasteiger partial charge < -0.3 is 14.6 Å². The smallest absolute Gasteiger partial charge is 0.274 e. The fourth-order valence-electron chi connectivity index (χ4n) is 4.90. The first kappa shape index (κ1) is 22.4. The Labute approximate surface area is 200 Å². The van der Waals surface area contributed by atoms with E-state index in [9.17, 15) is 14.7 Å². The molecule has 1 saturated carbocycles. The molecule has 2 aliphatic rings. The standard InChI is InChI=1S/C28H31N3O3/c1-19(2)30-13-14-31-24(16-25(32)27(33)26(31)28(30)34)18-29(23-11-12-23)17-20-7-6-10-22(15-20)21-8-4-3-5-9-21/h3-10,15-16,19,23,33H,11-14,17-18H2,1-2H3. The molecule has 34 heavy (non-hydrogen) atoms. The monoisotopic (exact) mass is 457 g/mol. The quantitative estimate of drug-likeness (QED) is 0.576. The third-order valence-electron chi connectivity index (χ3n) is 6.87. The molecule has 1 aliphatic heterocycles. The van der Waals surface area contributed by atoms with Crippen LogP contribution in [0.25, 0.3) is 11.1 Å². The van der Waals surface area contributed by atoms with Gasteiger partial charge in [-0.1, -0.05) is 48.5 Å². The van der Waals surface area contributed by atoms with Crippen LogP contribution in [0, 0.1) is 0 Å². The molecule has 2 aromatic carbocycles. The SMILES string of the molecule is CC(C)N1CCn2c(CN(Cc3cccc(-c4ccccc4)c3)C3CC3)cc(=O)c(O)c2C1=O. The highest BCUT2D eigenvalue weighted by Crippen LogP contribution is 2.32. The number of pyridine rings is 1. The molecule has 3 aromatic rings. The first-order chi connectivity index (χ1) is 16.4. The van der Waals surface area contributed by atoms with Gasteiger partial charge in [0.1, 0.15) is 0 Å². The molecular formula is C28H31N3O3. The van der Waals surface area contributed by atoms with E-state index >= 15 is 0 Å². The maximum Gasteiger partial charge on any atom is 0.274 e. The number of carbonyl (C=O) groups is 1. The summed E-state index contributed by atoms with van der Waals surface area (Å²) < 4.78 is 1.85. The Balaban J connectivity index is 1.44. The van der Waals surface area contributed by atoms with E-state index < -0.39 is 11.2 Å². The van der Waals surface area contributed by atoms with Crippen LogP contribution >= 0.6 is 0 Å². The zero-order valence-electron chi connectivity index (χ0n) is 19.8. The van der Waals surface area contributed by atoms with Gasteiger partial charge in [0.05, 0.1) is 0 Å². The van der Waals surface area contributed by atoms with Crippen molar-refractivity contribution in [3.05, 3.63) is 87.8 Å².